The van der Waals surface area contributed by atoms with Crippen molar-refractivity contribution in [2.24, 2.45) is 0 Å². The highest BCUT2D eigenvalue weighted by atomic mass is 16.5. The van der Waals surface area contributed by atoms with Gasteiger partial charge in [0.05, 0.1) is 19.3 Å². The van der Waals surface area contributed by atoms with Gasteiger partial charge >= 0.3 is 0 Å². The minimum atomic E-state index is 0.0271. The summed E-state index contributed by atoms with van der Waals surface area (Å²) in [4.78, 5) is 0. The number of methoxy groups -OCH3 is 1. The number of phenolic OH excluding ortho intramolecular Hbond substituents is 1. The lowest BCUT2D eigenvalue weighted by Gasteiger charge is -2.29. The van der Waals surface area contributed by atoms with Gasteiger partial charge < -0.3 is 14.6 Å². The smallest absolute Gasteiger partial charge is 0.128 e. The van der Waals surface area contributed by atoms with E-state index in [1.54, 1.807) is 19.2 Å². The van der Waals surface area contributed by atoms with Crippen molar-refractivity contribution in [2.75, 3.05) is 7.11 Å². The number of benzene rings is 1. The second-order valence-electron chi connectivity index (χ2n) is 4.01. The second-order valence-corrected chi connectivity index (χ2v) is 4.01. The summed E-state index contributed by atoms with van der Waals surface area (Å²) in [6.07, 6.45) is 1.04. The molecule has 15 heavy (non-hydrogen) atoms. The van der Waals surface area contributed by atoms with Gasteiger partial charge in [0, 0.05) is 11.6 Å². The maximum absolute atomic E-state index is 9.55. The Morgan fingerprint density at radius 1 is 1.40 bits per heavy atom. The molecule has 0 radical (unpaired) electrons. The molecule has 1 N–H and O–H groups in total. The van der Waals surface area contributed by atoms with Gasteiger partial charge in [-0.2, -0.15) is 0 Å². The van der Waals surface area contributed by atoms with Crippen LogP contribution in [0.5, 0.6) is 11.5 Å². The Morgan fingerprint density at radius 3 is 2.80 bits per heavy atom. The minimum Gasteiger partial charge on any atom is -0.508 e. The molecule has 2 rings (SSSR count). The summed E-state index contributed by atoms with van der Waals surface area (Å²) in [5.41, 5.74) is 2.19. The molecule has 82 valence electrons. The van der Waals surface area contributed by atoms with Gasteiger partial charge in [0.1, 0.15) is 11.5 Å². The molecular weight excluding hydrogens is 192 g/mol. The molecule has 0 spiro atoms. The molecule has 1 aliphatic heterocycles. The lowest BCUT2D eigenvalue weighted by molar-refractivity contribution is -0.00610. The van der Waals surface area contributed by atoms with Gasteiger partial charge in [-0.15, -0.1) is 0 Å². The summed E-state index contributed by atoms with van der Waals surface area (Å²) in [6, 6.07) is 3.43. The maximum atomic E-state index is 9.55. The molecule has 0 amide bonds. The third-order valence-corrected chi connectivity index (χ3v) is 2.78. The zero-order chi connectivity index (χ0) is 11.0. The lowest BCUT2D eigenvalue weighted by atomic mass is 9.94. The Hall–Kier alpha value is -1.22. The van der Waals surface area contributed by atoms with E-state index in [0.717, 1.165) is 17.5 Å². The van der Waals surface area contributed by atoms with Crippen molar-refractivity contribution in [3.63, 3.8) is 0 Å². The van der Waals surface area contributed by atoms with Crippen LogP contribution in [0.15, 0.2) is 12.1 Å². The second kappa shape index (κ2) is 3.74. The van der Waals surface area contributed by atoms with E-state index in [2.05, 4.69) is 0 Å². The quantitative estimate of drug-likeness (QED) is 0.770. The summed E-state index contributed by atoms with van der Waals surface area (Å²) in [5.74, 6) is 0.969. The topological polar surface area (TPSA) is 38.7 Å². The van der Waals surface area contributed by atoms with Gasteiger partial charge in [-0.25, -0.2) is 0 Å². The van der Waals surface area contributed by atoms with Gasteiger partial charge in [0.25, 0.3) is 0 Å². The highest BCUT2D eigenvalue weighted by molar-refractivity contribution is 5.48. The summed E-state index contributed by atoms with van der Waals surface area (Å²) in [6.45, 7) is 4.05. The summed E-state index contributed by atoms with van der Waals surface area (Å²) >= 11 is 0. The van der Waals surface area contributed by atoms with E-state index in [0.29, 0.717) is 5.75 Å². The van der Waals surface area contributed by atoms with Crippen LogP contribution in [0.25, 0.3) is 0 Å². The van der Waals surface area contributed by atoms with Gasteiger partial charge in [-0.1, -0.05) is 0 Å². The number of phenols is 1. The number of hydrogen-bond acceptors (Lipinski definition) is 3. The Bertz CT molecular complexity index is 373. The van der Waals surface area contributed by atoms with Crippen LogP contribution < -0.4 is 4.74 Å². The van der Waals surface area contributed by atoms with E-state index in [-0.39, 0.29) is 18.0 Å². The molecule has 0 bridgehead atoms. The van der Waals surface area contributed by atoms with E-state index in [4.69, 9.17) is 9.47 Å². The monoisotopic (exact) mass is 208 g/mol. The SMILES string of the molecule is COc1cc(O)cc2c1C(C)OC(C)C2. The van der Waals surface area contributed by atoms with Gasteiger partial charge in [-0.3, -0.25) is 0 Å². The predicted molar refractivity (Wildman–Crippen MR) is 57.3 cm³/mol. The molecule has 2 unspecified atom stereocenters. The summed E-state index contributed by atoms with van der Waals surface area (Å²) < 4.78 is 11.0. The van der Waals surface area contributed by atoms with Crippen LogP contribution in [0.2, 0.25) is 0 Å². The highest BCUT2D eigenvalue weighted by Gasteiger charge is 2.25. The van der Waals surface area contributed by atoms with Crippen molar-refractivity contribution >= 4 is 0 Å². The molecule has 1 aromatic carbocycles. The molecule has 1 aliphatic rings. The van der Waals surface area contributed by atoms with E-state index in [9.17, 15) is 5.11 Å². The Kier molecular flexibility index (Phi) is 2.57. The zero-order valence-corrected chi connectivity index (χ0v) is 9.28. The fourth-order valence-electron chi connectivity index (χ4n) is 2.24. The zero-order valence-electron chi connectivity index (χ0n) is 9.28. The first-order valence-corrected chi connectivity index (χ1v) is 5.17. The Labute approximate surface area is 89.6 Å². The van der Waals surface area contributed by atoms with Crippen molar-refractivity contribution in [1.82, 2.24) is 0 Å². The first-order valence-electron chi connectivity index (χ1n) is 5.17. The number of rotatable bonds is 1. The van der Waals surface area contributed by atoms with E-state index >= 15 is 0 Å². The molecule has 3 nitrogen and oxygen atoms in total. The normalized spacial score (nSPS) is 24.7. The average molecular weight is 208 g/mol. The average Bonchev–Trinajstić information content (AvgIpc) is 2.14. The van der Waals surface area contributed by atoms with Crippen molar-refractivity contribution in [1.29, 1.82) is 0 Å². The van der Waals surface area contributed by atoms with Crippen molar-refractivity contribution in [3.05, 3.63) is 23.3 Å². The van der Waals surface area contributed by atoms with Crippen LogP contribution in [0, 0.1) is 0 Å². The fraction of sp³-hybridized carbons (Fsp3) is 0.500. The summed E-state index contributed by atoms with van der Waals surface area (Å²) in [5, 5.41) is 9.55. The number of hydrogen-bond donors (Lipinski definition) is 1. The first-order chi connectivity index (χ1) is 7.11. The predicted octanol–water partition coefficient (Wildman–Crippen LogP) is 2.42. The van der Waals surface area contributed by atoms with Crippen molar-refractivity contribution in [3.8, 4) is 11.5 Å². The molecule has 1 aromatic rings. The van der Waals surface area contributed by atoms with Crippen LogP contribution in [0.1, 0.15) is 31.1 Å². The Balaban J connectivity index is 2.53. The first kappa shape index (κ1) is 10.3. The standard InChI is InChI=1S/C12H16O3/c1-7-4-9-5-10(13)6-11(14-3)12(9)8(2)15-7/h5-8,13H,4H2,1-3H3. The molecule has 2 atom stereocenters. The number of aromatic hydroxyl groups is 1. The lowest BCUT2D eigenvalue weighted by Crippen LogP contribution is -2.22. The maximum Gasteiger partial charge on any atom is 0.128 e. The largest absolute Gasteiger partial charge is 0.508 e. The van der Waals surface area contributed by atoms with Crippen molar-refractivity contribution in [2.45, 2.75) is 32.5 Å². The molecular formula is C12H16O3. The van der Waals surface area contributed by atoms with Crippen LogP contribution >= 0.6 is 0 Å². The van der Waals surface area contributed by atoms with Crippen molar-refractivity contribution < 1.29 is 14.6 Å². The van der Waals surface area contributed by atoms with Crippen LogP contribution in [-0.2, 0) is 11.2 Å². The summed E-state index contributed by atoms with van der Waals surface area (Å²) in [7, 11) is 1.61. The van der Waals surface area contributed by atoms with Gasteiger partial charge in [0.2, 0.25) is 0 Å². The fourth-order valence-corrected chi connectivity index (χ4v) is 2.24. The van der Waals surface area contributed by atoms with Crippen LogP contribution in [0.3, 0.4) is 0 Å². The molecule has 1 heterocycles. The molecule has 0 fully saturated rings. The van der Waals surface area contributed by atoms with E-state index < -0.39 is 0 Å². The van der Waals surface area contributed by atoms with Crippen LogP contribution in [0.4, 0.5) is 0 Å². The highest BCUT2D eigenvalue weighted by Crippen LogP contribution is 2.38. The van der Waals surface area contributed by atoms with E-state index in [1.165, 1.54) is 0 Å². The molecule has 0 aromatic heterocycles. The molecule has 0 saturated heterocycles. The molecule has 0 saturated carbocycles. The van der Waals surface area contributed by atoms with Gasteiger partial charge in [0.15, 0.2) is 0 Å². The van der Waals surface area contributed by atoms with E-state index in [1.807, 2.05) is 13.8 Å². The molecule has 0 aliphatic carbocycles. The number of fused-ring (bicyclic) bond motifs is 1. The third-order valence-electron chi connectivity index (χ3n) is 2.78. The molecule has 3 heteroatoms. The number of ether oxygens (including phenoxy) is 2. The van der Waals surface area contributed by atoms with Crippen LogP contribution in [-0.4, -0.2) is 18.3 Å². The Morgan fingerprint density at radius 2 is 2.13 bits per heavy atom. The van der Waals surface area contributed by atoms with Gasteiger partial charge in [-0.05, 0) is 31.9 Å². The minimum absolute atomic E-state index is 0.0271. The third kappa shape index (κ3) is 1.79.